The van der Waals surface area contributed by atoms with E-state index in [1.807, 2.05) is 11.8 Å². The summed E-state index contributed by atoms with van der Waals surface area (Å²) >= 11 is 0. The van der Waals surface area contributed by atoms with E-state index < -0.39 is 5.92 Å². The van der Waals surface area contributed by atoms with Crippen LogP contribution in [-0.4, -0.2) is 47.4 Å². The van der Waals surface area contributed by atoms with E-state index in [0.717, 1.165) is 19.5 Å². The minimum absolute atomic E-state index is 0.0575. The van der Waals surface area contributed by atoms with Crippen LogP contribution in [0.3, 0.4) is 0 Å². The molecule has 0 N–H and O–H groups in total. The molecule has 1 amide bonds. The van der Waals surface area contributed by atoms with E-state index in [-0.39, 0.29) is 11.9 Å². The molecule has 19 heavy (non-hydrogen) atoms. The highest BCUT2D eigenvalue weighted by Gasteiger charge is 2.37. The lowest BCUT2D eigenvalue weighted by Gasteiger charge is -2.47. The smallest absolute Gasteiger partial charge is 0.240 e. The fourth-order valence-electron chi connectivity index (χ4n) is 3.39. The number of piperazine rings is 1. The Hall–Kier alpha value is -1.08. The first kappa shape index (κ1) is 14.3. The Morgan fingerprint density at radius 2 is 2.21 bits per heavy atom. The first-order valence-electron chi connectivity index (χ1n) is 7.61. The van der Waals surface area contributed by atoms with Gasteiger partial charge in [-0.25, -0.2) is 0 Å². The molecule has 0 aromatic rings. The van der Waals surface area contributed by atoms with Gasteiger partial charge in [0.25, 0.3) is 0 Å². The molecular weight excluding hydrogens is 238 g/mol. The summed E-state index contributed by atoms with van der Waals surface area (Å²) in [6, 6.07) is 2.96. The predicted octanol–water partition coefficient (Wildman–Crippen LogP) is 2.01. The standard InChI is InChI=1S/C15H25N3O/c1-3-6-13(9-16)15(19)18-11-14-7-4-5-8-17(14)10-12(18)2/h12-14H,3-8,10-11H2,1-2H3. The molecule has 106 valence electrons. The van der Waals surface area contributed by atoms with Gasteiger partial charge in [0.05, 0.1) is 6.07 Å². The van der Waals surface area contributed by atoms with Gasteiger partial charge in [-0.1, -0.05) is 19.8 Å². The molecule has 0 aromatic heterocycles. The van der Waals surface area contributed by atoms with Crippen LogP contribution in [0.2, 0.25) is 0 Å². The van der Waals surface area contributed by atoms with E-state index in [1.54, 1.807) is 0 Å². The second kappa shape index (κ2) is 6.38. The average molecular weight is 263 g/mol. The first-order valence-corrected chi connectivity index (χ1v) is 7.61. The summed E-state index contributed by atoms with van der Waals surface area (Å²) in [6.07, 6.45) is 5.33. The van der Waals surface area contributed by atoms with Crippen LogP contribution >= 0.6 is 0 Å². The highest BCUT2D eigenvalue weighted by atomic mass is 16.2. The van der Waals surface area contributed by atoms with Crippen LogP contribution in [0.4, 0.5) is 0 Å². The number of hydrogen-bond acceptors (Lipinski definition) is 3. The summed E-state index contributed by atoms with van der Waals surface area (Å²) in [7, 11) is 0. The SMILES string of the molecule is CCCC(C#N)C(=O)N1CC2CCCCN2CC1C. The summed E-state index contributed by atoms with van der Waals surface area (Å²) in [6.45, 7) is 7.11. The molecule has 3 atom stereocenters. The largest absolute Gasteiger partial charge is 0.336 e. The fraction of sp³-hybridized carbons (Fsp3) is 0.867. The number of carbonyl (C=O) groups is 1. The van der Waals surface area contributed by atoms with E-state index in [9.17, 15) is 4.79 Å². The van der Waals surface area contributed by atoms with E-state index in [4.69, 9.17) is 5.26 Å². The second-order valence-electron chi connectivity index (χ2n) is 5.95. The predicted molar refractivity (Wildman–Crippen MR) is 74.4 cm³/mol. The van der Waals surface area contributed by atoms with Crippen LogP contribution in [0, 0.1) is 17.2 Å². The number of rotatable bonds is 3. The molecule has 2 rings (SSSR count). The first-order chi connectivity index (χ1) is 9.17. The molecule has 4 heteroatoms. The van der Waals surface area contributed by atoms with Crippen molar-refractivity contribution in [2.75, 3.05) is 19.6 Å². The molecule has 0 radical (unpaired) electrons. The number of piperidine rings is 1. The molecule has 0 aromatic carbocycles. The number of carbonyl (C=O) groups excluding carboxylic acids is 1. The topological polar surface area (TPSA) is 47.3 Å². The maximum atomic E-state index is 12.5. The summed E-state index contributed by atoms with van der Waals surface area (Å²) in [5.41, 5.74) is 0. The van der Waals surface area contributed by atoms with Crippen LogP contribution in [0.15, 0.2) is 0 Å². The van der Waals surface area contributed by atoms with Crippen molar-refractivity contribution in [2.24, 2.45) is 5.92 Å². The van der Waals surface area contributed by atoms with Gasteiger partial charge in [0, 0.05) is 25.2 Å². The van der Waals surface area contributed by atoms with Crippen molar-refractivity contribution in [3.05, 3.63) is 0 Å². The minimum atomic E-state index is -0.442. The Labute approximate surface area is 116 Å². The average Bonchev–Trinajstić information content (AvgIpc) is 2.43. The van der Waals surface area contributed by atoms with E-state index in [2.05, 4.69) is 17.9 Å². The Bertz CT molecular complexity index is 363. The minimum Gasteiger partial charge on any atom is -0.336 e. The molecule has 4 nitrogen and oxygen atoms in total. The Morgan fingerprint density at radius 3 is 2.89 bits per heavy atom. The van der Waals surface area contributed by atoms with Gasteiger partial charge in [0.2, 0.25) is 5.91 Å². The zero-order valence-corrected chi connectivity index (χ0v) is 12.1. The Balaban J connectivity index is 2.03. The molecule has 2 saturated heterocycles. The van der Waals surface area contributed by atoms with Crippen molar-refractivity contribution in [3.8, 4) is 6.07 Å². The summed E-state index contributed by atoms with van der Waals surface area (Å²) in [5, 5.41) is 9.17. The zero-order valence-electron chi connectivity index (χ0n) is 12.1. The van der Waals surface area contributed by atoms with Gasteiger partial charge in [-0.3, -0.25) is 9.69 Å². The van der Waals surface area contributed by atoms with Crippen LogP contribution < -0.4 is 0 Å². The molecule has 3 unspecified atom stereocenters. The third-order valence-electron chi connectivity index (χ3n) is 4.50. The normalized spacial score (nSPS) is 29.4. The molecule has 0 aliphatic carbocycles. The number of amides is 1. The van der Waals surface area contributed by atoms with E-state index in [1.165, 1.54) is 25.8 Å². The van der Waals surface area contributed by atoms with Gasteiger partial charge in [-0.2, -0.15) is 5.26 Å². The lowest BCUT2D eigenvalue weighted by atomic mass is 9.95. The molecular formula is C15H25N3O. The quantitative estimate of drug-likeness (QED) is 0.782. The molecule has 2 aliphatic rings. The zero-order chi connectivity index (χ0) is 13.8. The van der Waals surface area contributed by atoms with Crippen LogP contribution in [0.25, 0.3) is 0 Å². The van der Waals surface area contributed by atoms with Crippen molar-refractivity contribution in [1.82, 2.24) is 9.80 Å². The maximum absolute atomic E-state index is 12.5. The summed E-state index contributed by atoms with van der Waals surface area (Å²) in [4.78, 5) is 17.0. The van der Waals surface area contributed by atoms with Crippen LogP contribution in [-0.2, 0) is 4.79 Å². The molecule has 0 spiro atoms. The summed E-state index contributed by atoms with van der Waals surface area (Å²) in [5.74, 6) is -0.385. The number of fused-ring (bicyclic) bond motifs is 1. The van der Waals surface area contributed by atoms with Crippen molar-refractivity contribution >= 4 is 5.91 Å². The third-order valence-corrected chi connectivity index (χ3v) is 4.50. The van der Waals surface area contributed by atoms with Crippen molar-refractivity contribution in [3.63, 3.8) is 0 Å². The van der Waals surface area contributed by atoms with E-state index >= 15 is 0 Å². The number of hydrogen-bond donors (Lipinski definition) is 0. The van der Waals surface area contributed by atoms with E-state index in [0.29, 0.717) is 12.5 Å². The fourth-order valence-corrected chi connectivity index (χ4v) is 3.39. The Kier molecular flexibility index (Phi) is 4.81. The van der Waals surface area contributed by atoms with Gasteiger partial charge in [0.15, 0.2) is 0 Å². The number of nitriles is 1. The monoisotopic (exact) mass is 263 g/mol. The van der Waals surface area contributed by atoms with Gasteiger partial charge in [-0.15, -0.1) is 0 Å². The molecule has 2 fully saturated rings. The Morgan fingerprint density at radius 1 is 1.42 bits per heavy atom. The maximum Gasteiger partial charge on any atom is 0.240 e. The number of nitrogens with zero attached hydrogens (tertiary/aromatic N) is 3. The van der Waals surface area contributed by atoms with Crippen molar-refractivity contribution in [1.29, 1.82) is 5.26 Å². The molecule has 0 bridgehead atoms. The highest BCUT2D eigenvalue weighted by Crippen LogP contribution is 2.25. The molecule has 2 aliphatic heterocycles. The van der Waals surface area contributed by atoms with Crippen LogP contribution in [0.1, 0.15) is 46.0 Å². The molecule has 0 saturated carbocycles. The lowest BCUT2D eigenvalue weighted by Crippen LogP contribution is -2.60. The highest BCUT2D eigenvalue weighted by molar-refractivity contribution is 5.81. The van der Waals surface area contributed by atoms with Crippen molar-refractivity contribution < 1.29 is 4.79 Å². The third kappa shape index (κ3) is 3.09. The van der Waals surface area contributed by atoms with Gasteiger partial charge in [0.1, 0.15) is 5.92 Å². The molecule has 2 heterocycles. The van der Waals surface area contributed by atoms with Gasteiger partial charge >= 0.3 is 0 Å². The lowest BCUT2D eigenvalue weighted by molar-refractivity contribution is -0.140. The second-order valence-corrected chi connectivity index (χ2v) is 5.95. The van der Waals surface area contributed by atoms with Crippen LogP contribution in [0.5, 0.6) is 0 Å². The van der Waals surface area contributed by atoms with Gasteiger partial charge < -0.3 is 4.90 Å². The van der Waals surface area contributed by atoms with Gasteiger partial charge in [-0.05, 0) is 32.7 Å². The van der Waals surface area contributed by atoms with Crippen molar-refractivity contribution in [2.45, 2.75) is 58.0 Å². The summed E-state index contributed by atoms with van der Waals surface area (Å²) < 4.78 is 0.